The molecule has 0 bridgehead atoms. The van der Waals surface area contributed by atoms with Crippen LogP contribution in [0.4, 0.5) is 0 Å². The molecular formula is C11H21N5. The van der Waals surface area contributed by atoms with Crippen molar-refractivity contribution in [2.24, 2.45) is 12.8 Å². The van der Waals surface area contributed by atoms with Crippen LogP contribution in [0.2, 0.25) is 0 Å². The first-order valence-electron chi connectivity index (χ1n) is 6.08. The van der Waals surface area contributed by atoms with Gasteiger partial charge in [0.25, 0.3) is 0 Å². The molecule has 1 saturated heterocycles. The van der Waals surface area contributed by atoms with Gasteiger partial charge in [0.15, 0.2) is 0 Å². The van der Waals surface area contributed by atoms with Crippen LogP contribution < -0.4 is 5.73 Å². The Morgan fingerprint density at radius 2 is 2.38 bits per heavy atom. The third-order valence-corrected chi connectivity index (χ3v) is 3.40. The topological polar surface area (TPSA) is 60.0 Å². The lowest BCUT2D eigenvalue weighted by molar-refractivity contribution is 0.129. The summed E-state index contributed by atoms with van der Waals surface area (Å²) in [6, 6.07) is 0.635. The van der Waals surface area contributed by atoms with Gasteiger partial charge in [-0.3, -0.25) is 9.58 Å². The van der Waals surface area contributed by atoms with Crippen molar-refractivity contribution in [3.63, 3.8) is 0 Å². The molecule has 1 fully saturated rings. The predicted molar refractivity (Wildman–Crippen MR) is 62.7 cm³/mol. The highest BCUT2D eigenvalue weighted by Gasteiger charge is 2.22. The number of aromatic nitrogens is 3. The van der Waals surface area contributed by atoms with Gasteiger partial charge >= 0.3 is 0 Å². The molecule has 1 aliphatic rings. The number of hydrogen-bond acceptors (Lipinski definition) is 4. The van der Waals surface area contributed by atoms with E-state index < -0.39 is 0 Å². The van der Waals surface area contributed by atoms with E-state index >= 15 is 0 Å². The van der Waals surface area contributed by atoms with Gasteiger partial charge in [0, 0.05) is 13.1 Å². The molecule has 2 heterocycles. The van der Waals surface area contributed by atoms with E-state index in [-0.39, 0.29) is 0 Å². The van der Waals surface area contributed by atoms with E-state index in [0.29, 0.717) is 6.04 Å². The Kier molecular flexibility index (Phi) is 3.90. The lowest BCUT2D eigenvalue weighted by atomic mass is 9.99. The number of likely N-dealkylation sites (tertiary alicyclic amines) is 1. The average molecular weight is 223 g/mol. The monoisotopic (exact) mass is 223 g/mol. The van der Waals surface area contributed by atoms with Crippen molar-refractivity contribution in [2.75, 3.05) is 13.1 Å². The van der Waals surface area contributed by atoms with Gasteiger partial charge in [-0.05, 0) is 32.4 Å². The van der Waals surface area contributed by atoms with Crippen LogP contribution in [-0.4, -0.2) is 38.8 Å². The molecule has 2 N–H and O–H groups in total. The van der Waals surface area contributed by atoms with E-state index in [1.54, 1.807) is 6.33 Å². The number of piperidine rings is 1. The molecule has 0 aromatic carbocycles. The SMILES string of the molecule is Cn1ncnc1CN1CCCCC1CCN. The number of nitrogens with two attached hydrogens (primary N) is 1. The van der Waals surface area contributed by atoms with Crippen molar-refractivity contribution in [3.05, 3.63) is 12.2 Å². The average Bonchev–Trinajstić information content (AvgIpc) is 2.68. The Hall–Kier alpha value is -0.940. The smallest absolute Gasteiger partial charge is 0.140 e. The summed E-state index contributed by atoms with van der Waals surface area (Å²) in [6.45, 7) is 2.85. The molecule has 2 rings (SSSR count). The normalized spacial score (nSPS) is 22.5. The fourth-order valence-electron chi connectivity index (χ4n) is 2.43. The Morgan fingerprint density at radius 1 is 1.50 bits per heavy atom. The fraction of sp³-hybridized carbons (Fsp3) is 0.818. The van der Waals surface area contributed by atoms with Crippen LogP contribution in [0.5, 0.6) is 0 Å². The summed E-state index contributed by atoms with van der Waals surface area (Å²) in [6.07, 6.45) is 6.61. The summed E-state index contributed by atoms with van der Waals surface area (Å²) in [5, 5.41) is 4.11. The molecule has 0 radical (unpaired) electrons. The summed E-state index contributed by atoms with van der Waals surface area (Å²) >= 11 is 0. The maximum atomic E-state index is 5.67. The molecular weight excluding hydrogens is 202 g/mol. The fourth-order valence-corrected chi connectivity index (χ4v) is 2.43. The summed E-state index contributed by atoms with van der Waals surface area (Å²) in [5.41, 5.74) is 5.67. The molecule has 1 aliphatic heterocycles. The quantitative estimate of drug-likeness (QED) is 0.808. The van der Waals surface area contributed by atoms with Gasteiger partial charge in [0.05, 0.1) is 6.54 Å². The highest BCUT2D eigenvalue weighted by Crippen LogP contribution is 2.20. The summed E-state index contributed by atoms with van der Waals surface area (Å²) in [5.74, 6) is 1.05. The second-order valence-electron chi connectivity index (χ2n) is 4.50. The minimum atomic E-state index is 0.635. The van der Waals surface area contributed by atoms with Crippen LogP contribution in [0.25, 0.3) is 0 Å². The maximum absolute atomic E-state index is 5.67. The second-order valence-corrected chi connectivity index (χ2v) is 4.50. The zero-order valence-electron chi connectivity index (χ0n) is 9.97. The first-order chi connectivity index (χ1) is 7.81. The first kappa shape index (κ1) is 11.5. The van der Waals surface area contributed by atoms with Gasteiger partial charge in [-0.15, -0.1) is 0 Å². The highest BCUT2D eigenvalue weighted by molar-refractivity contribution is 4.87. The third kappa shape index (κ3) is 2.59. The molecule has 0 amide bonds. The zero-order chi connectivity index (χ0) is 11.4. The Morgan fingerprint density at radius 3 is 3.06 bits per heavy atom. The maximum Gasteiger partial charge on any atom is 0.140 e. The van der Waals surface area contributed by atoms with Crippen LogP contribution >= 0.6 is 0 Å². The van der Waals surface area contributed by atoms with E-state index in [0.717, 1.165) is 31.9 Å². The molecule has 1 aromatic rings. The van der Waals surface area contributed by atoms with Crippen molar-refractivity contribution in [1.29, 1.82) is 0 Å². The van der Waals surface area contributed by atoms with E-state index in [4.69, 9.17) is 5.73 Å². The van der Waals surface area contributed by atoms with E-state index in [9.17, 15) is 0 Å². The summed E-state index contributed by atoms with van der Waals surface area (Å²) in [4.78, 5) is 6.78. The standard InChI is InChI=1S/C11H21N5/c1-15-11(13-9-14-15)8-16-7-3-2-4-10(16)5-6-12/h9-10H,2-8,12H2,1H3. The zero-order valence-corrected chi connectivity index (χ0v) is 9.97. The molecule has 0 spiro atoms. The molecule has 1 atom stereocenters. The van der Waals surface area contributed by atoms with Gasteiger partial charge in [-0.2, -0.15) is 5.10 Å². The van der Waals surface area contributed by atoms with Gasteiger partial charge < -0.3 is 5.73 Å². The first-order valence-corrected chi connectivity index (χ1v) is 6.08. The molecule has 1 unspecified atom stereocenters. The molecule has 0 aliphatic carbocycles. The van der Waals surface area contributed by atoms with E-state index in [1.807, 2.05) is 11.7 Å². The summed E-state index contributed by atoms with van der Waals surface area (Å²) in [7, 11) is 1.95. The molecule has 5 heteroatoms. The van der Waals surface area contributed by atoms with Gasteiger partial charge in [0.1, 0.15) is 12.2 Å². The largest absolute Gasteiger partial charge is 0.330 e. The molecule has 1 aromatic heterocycles. The Bertz CT molecular complexity index is 320. The van der Waals surface area contributed by atoms with Crippen molar-refractivity contribution >= 4 is 0 Å². The number of rotatable bonds is 4. The van der Waals surface area contributed by atoms with E-state index in [2.05, 4.69) is 15.0 Å². The van der Waals surface area contributed by atoms with Crippen molar-refractivity contribution in [2.45, 2.75) is 38.3 Å². The minimum Gasteiger partial charge on any atom is -0.330 e. The summed E-state index contributed by atoms with van der Waals surface area (Å²) < 4.78 is 1.86. The van der Waals surface area contributed by atoms with Gasteiger partial charge in [-0.25, -0.2) is 4.98 Å². The Labute approximate surface area is 96.6 Å². The van der Waals surface area contributed by atoms with Crippen LogP contribution in [0.15, 0.2) is 6.33 Å². The van der Waals surface area contributed by atoms with Crippen molar-refractivity contribution < 1.29 is 0 Å². The van der Waals surface area contributed by atoms with Crippen LogP contribution in [0.3, 0.4) is 0 Å². The molecule has 0 saturated carbocycles. The third-order valence-electron chi connectivity index (χ3n) is 3.40. The Balaban J connectivity index is 1.98. The van der Waals surface area contributed by atoms with Crippen LogP contribution in [0, 0.1) is 0 Å². The van der Waals surface area contributed by atoms with E-state index in [1.165, 1.54) is 19.3 Å². The van der Waals surface area contributed by atoms with Crippen LogP contribution in [0.1, 0.15) is 31.5 Å². The molecule has 5 nitrogen and oxygen atoms in total. The molecule has 16 heavy (non-hydrogen) atoms. The number of aryl methyl sites for hydroxylation is 1. The predicted octanol–water partition coefficient (Wildman–Crippen LogP) is 0.518. The van der Waals surface area contributed by atoms with Crippen LogP contribution in [-0.2, 0) is 13.6 Å². The lowest BCUT2D eigenvalue weighted by Crippen LogP contribution is -2.40. The van der Waals surface area contributed by atoms with Crippen molar-refractivity contribution in [1.82, 2.24) is 19.7 Å². The number of nitrogens with zero attached hydrogens (tertiary/aromatic N) is 4. The second kappa shape index (κ2) is 5.41. The lowest BCUT2D eigenvalue weighted by Gasteiger charge is -2.35. The number of hydrogen-bond donors (Lipinski definition) is 1. The minimum absolute atomic E-state index is 0.635. The van der Waals surface area contributed by atoms with Gasteiger partial charge in [-0.1, -0.05) is 6.42 Å². The van der Waals surface area contributed by atoms with Gasteiger partial charge in [0.2, 0.25) is 0 Å². The molecule has 90 valence electrons. The van der Waals surface area contributed by atoms with Crippen molar-refractivity contribution in [3.8, 4) is 0 Å². The highest BCUT2D eigenvalue weighted by atomic mass is 15.3.